The number of nitrogens with zero attached hydrogens (tertiary/aromatic N) is 1. The van der Waals surface area contributed by atoms with Gasteiger partial charge in [0.1, 0.15) is 11.3 Å². The Bertz CT molecular complexity index is 1180. The lowest BCUT2D eigenvalue weighted by molar-refractivity contribution is 0.102. The van der Waals surface area contributed by atoms with E-state index < -0.39 is 0 Å². The van der Waals surface area contributed by atoms with Crippen LogP contribution in [0.4, 0.5) is 5.69 Å². The first-order chi connectivity index (χ1) is 14.5. The van der Waals surface area contributed by atoms with Crippen molar-refractivity contribution < 1.29 is 13.9 Å². The summed E-state index contributed by atoms with van der Waals surface area (Å²) in [5, 5.41) is 2.93. The minimum atomic E-state index is -0.184. The molecule has 0 bridgehead atoms. The molecule has 0 fully saturated rings. The Hall–Kier alpha value is -3.60. The van der Waals surface area contributed by atoms with E-state index in [-0.39, 0.29) is 5.91 Å². The van der Waals surface area contributed by atoms with Crippen LogP contribution in [0, 0.1) is 12.8 Å². The Morgan fingerprint density at radius 3 is 2.63 bits per heavy atom. The number of hydrogen-bond acceptors (Lipinski definition) is 4. The number of carbonyl (C=O) groups is 1. The second-order valence-corrected chi connectivity index (χ2v) is 7.75. The molecule has 0 saturated carbocycles. The molecule has 152 valence electrons. The summed E-state index contributed by atoms with van der Waals surface area (Å²) >= 11 is 0. The van der Waals surface area contributed by atoms with Crippen molar-refractivity contribution in [3.63, 3.8) is 0 Å². The first-order valence-electron chi connectivity index (χ1n) is 10.00. The number of aryl methyl sites for hydroxylation is 1. The highest BCUT2D eigenvalue weighted by Crippen LogP contribution is 2.27. The quantitative estimate of drug-likeness (QED) is 0.425. The highest BCUT2D eigenvalue weighted by atomic mass is 16.5. The fourth-order valence-corrected chi connectivity index (χ4v) is 3.05. The standard InChI is InChI=1S/C25H24N2O3/c1-16(2)15-29-21-10-8-18(9-11-21)24(28)26-20-6-4-5-19(14-20)25-27-22-12-7-17(3)13-23(22)30-25/h4-14,16H,15H2,1-3H3,(H,26,28). The summed E-state index contributed by atoms with van der Waals surface area (Å²) in [4.78, 5) is 17.2. The van der Waals surface area contributed by atoms with E-state index in [2.05, 4.69) is 24.1 Å². The van der Waals surface area contributed by atoms with E-state index in [1.807, 2.05) is 61.5 Å². The van der Waals surface area contributed by atoms with Gasteiger partial charge in [-0.15, -0.1) is 0 Å². The van der Waals surface area contributed by atoms with Gasteiger partial charge in [-0.05, 0) is 73.0 Å². The number of anilines is 1. The maximum Gasteiger partial charge on any atom is 0.255 e. The van der Waals surface area contributed by atoms with Gasteiger partial charge in [0.15, 0.2) is 5.58 Å². The zero-order chi connectivity index (χ0) is 21.1. The Balaban J connectivity index is 1.49. The monoisotopic (exact) mass is 400 g/mol. The third-order valence-electron chi connectivity index (χ3n) is 4.61. The van der Waals surface area contributed by atoms with E-state index in [0.29, 0.717) is 29.7 Å². The first kappa shape index (κ1) is 19.7. The Morgan fingerprint density at radius 1 is 1.07 bits per heavy atom. The Labute approximate surface area is 175 Å². The van der Waals surface area contributed by atoms with Crippen molar-refractivity contribution >= 4 is 22.7 Å². The van der Waals surface area contributed by atoms with E-state index >= 15 is 0 Å². The molecule has 0 atom stereocenters. The highest BCUT2D eigenvalue weighted by Gasteiger charge is 2.11. The molecule has 1 amide bonds. The van der Waals surface area contributed by atoms with Gasteiger partial charge in [0.05, 0.1) is 6.61 Å². The molecule has 0 spiro atoms. The van der Waals surface area contributed by atoms with E-state index in [4.69, 9.17) is 9.15 Å². The van der Waals surface area contributed by atoms with Gasteiger partial charge < -0.3 is 14.5 Å². The van der Waals surface area contributed by atoms with Crippen molar-refractivity contribution in [1.82, 2.24) is 4.98 Å². The minimum Gasteiger partial charge on any atom is -0.493 e. The molecule has 3 aromatic carbocycles. The second-order valence-electron chi connectivity index (χ2n) is 7.75. The fraction of sp³-hybridized carbons (Fsp3) is 0.200. The predicted molar refractivity (Wildman–Crippen MR) is 119 cm³/mol. The number of amides is 1. The normalized spacial score (nSPS) is 11.1. The van der Waals surface area contributed by atoms with Crippen LogP contribution in [0.25, 0.3) is 22.6 Å². The molecular formula is C25H24N2O3. The van der Waals surface area contributed by atoms with Gasteiger partial charge in [-0.25, -0.2) is 4.98 Å². The van der Waals surface area contributed by atoms with Gasteiger partial charge in [-0.1, -0.05) is 26.0 Å². The SMILES string of the molecule is Cc1ccc2nc(-c3cccc(NC(=O)c4ccc(OCC(C)C)cc4)c3)oc2c1. The Morgan fingerprint density at radius 2 is 1.87 bits per heavy atom. The van der Waals surface area contributed by atoms with Crippen LogP contribution < -0.4 is 10.1 Å². The summed E-state index contributed by atoms with van der Waals surface area (Å²) in [5.74, 6) is 1.55. The molecule has 5 heteroatoms. The number of benzene rings is 3. The van der Waals surface area contributed by atoms with Crippen LogP contribution in [0.1, 0.15) is 29.8 Å². The fourth-order valence-electron chi connectivity index (χ4n) is 3.05. The van der Waals surface area contributed by atoms with Crippen LogP contribution in [0.3, 0.4) is 0 Å². The van der Waals surface area contributed by atoms with Crippen LogP contribution in [-0.2, 0) is 0 Å². The number of nitrogens with one attached hydrogen (secondary N) is 1. The number of carbonyl (C=O) groups excluding carboxylic acids is 1. The van der Waals surface area contributed by atoms with Crippen LogP contribution in [0.2, 0.25) is 0 Å². The van der Waals surface area contributed by atoms with Crippen LogP contribution in [-0.4, -0.2) is 17.5 Å². The summed E-state index contributed by atoms with van der Waals surface area (Å²) in [6, 6.07) is 20.5. The van der Waals surface area contributed by atoms with E-state index in [1.165, 1.54) is 0 Å². The average molecular weight is 400 g/mol. The first-order valence-corrected chi connectivity index (χ1v) is 10.00. The maximum atomic E-state index is 12.6. The summed E-state index contributed by atoms with van der Waals surface area (Å²) in [5.41, 5.74) is 4.72. The molecule has 1 aromatic heterocycles. The molecule has 1 heterocycles. The van der Waals surface area contributed by atoms with Gasteiger partial charge in [0.2, 0.25) is 5.89 Å². The number of oxazole rings is 1. The summed E-state index contributed by atoms with van der Waals surface area (Å²) in [7, 11) is 0. The largest absolute Gasteiger partial charge is 0.493 e. The average Bonchev–Trinajstić information content (AvgIpc) is 3.16. The molecule has 5 nitrogen and oxygen atoms in total. The van der Waals surface area contributed by atoms with E-state index in [0.717, 1.165) is 28.0 Å². The van der Waals surface area contributed by atoms with Crippen molar-refractivity contribution in [2.75, 3.05) is 11.9 Å². The van der Waals surface area contributed by atoms with Gasteiger partial charge in [-0.3, -0.25) is 4.79 Å². The molecule has 4 rings (SSSR count). The lowest BCUT2D eigenvalue weighted by Gasteiger charge is -2.10. The maximum absolute atomic E-state index is 12.6. The van der Waals surface area contributed by atoms with Crippen molar-refractivity contribution in [3.8, 4) is 17.2 Å². The minimum absolute atomic E-state index is 0.184. The summed E-state index contributed by atoms with van der Waals surface area (Å²) in [6.45, 7) is 6.85. The topological polar surface area (TPSA) is 64.4 Å². The highest BCUT2D eigenvalue weighted by molar-refractivity contribution is 6.04. The number of rotatable bonds is 6. The molecule has 0 aliphatic rings. The molecule has 0 saturated heterocycles. The van der Waals surface area contributed by atoms with Crippen molar-refractivity contribution in [2.24, 2.45) is 5.92 Å². The number of aromatic nitrogens is 1. The van der Waals surface area contributed by atoms with Crippen LogP contribution in [0.15, 0.2) is 71.1 Å². The molecule has 0 aliphatic carbocycles. The molecule has 0 unspecified atom stereocenters. The zero-order valence-electron chi connectivity index (χ0n) is 17.3. The third-order valence-corrected chi connectivity index (χ3v) is 4.61. The van der Waals surface area contributed by atoms with Crippen molar-refractivity contribution in [2.45, 2.75) is 20.8 Å². The number of ether oxygens (including phenoxy) is 1. The lowest BCUT2D eigenvalue weighted by atomic mass is 10.1. The van der Waals surface area contributed by atoms with Gasteiger partial charge in [0.25, 0.3) is 5.91 Å². The van der Waals surface area contributed by atoms with Gasteiger partial charge >= 0.3 is 0 Å². The van der Waals surface area contributed by atoms with E-state index in [9.17, 15) is 4.79 Å². The summed E-state index contributed by atoms with van der Waals surface area (Å²) < 4.78 is 11.6. The number of hydrogen-bond donors (Lipinski definition) is 1. The number of fused-ring (bicyclic) bond motifs is 1. The van der Waals surface area contributed by atoms with Gasteiger partial charge in [0, 0.05) is 16.8 Å². The second kappa shape index (κ2) is 8.41. The molecule has 1 N–H and O–H groups in total. The summed E-state index contributed by atoms with van der Waals surface area (Å²) in [6.07, 6.45) is 0. The lowest BCUT2D eigenvalue weighted by Crippen LogP contribution is -2.12. The molecule has 30 heavy (non-hydrogen) atoms. The van der Waals surface area contributed by atoms with Crippen molar-refractivity contribution in [1.29, 1.82) is 0 Å². The van der Waals surface area contributed by atoms with Crippen LogP contribution >= 0.6 is 0 Å². The Kier molecular flexibility index (Phi) is 5.53. The third kappa shape index (κ3) is 4.51. The smallest absolute Gasteiger partial charge is 0.255 e. The molecule has 0 radical (unpaired) electrons. The molecule has 0 aliphatic heterocycles. The zero-order valence-corrected chi connectivity index (χ0v) is 17.3. The van der Waals surface area contributed by atoms with Crippen molar-refractivity contribution in [3.05, 3.63) is 77.9 Å². The molecule has 4 aromatic rings. The predicted octanol–water partition coefficient (Wildman–Crippen LogP) is 6.09. The molecular weight excluding hydrogens is 376 g/mol. The van der Waals surface area contributed by atoms with E-state index in [1.54, 1.807) is 12.1 Å². The van der Waals surface area contributed by atoms with Crippen LogP contribution in [0.5, 0.6) is 5.75 Å². The van der Waals surface area contributed by atoms with Gasteiger partial charge in [-0.2, -0.15) is 0 Å².